The van der Waals surface area contributed by atoms with Crippen LogP contribution in [0.4, 0.5) is 0 Å². The molecule has 0 saturated carbocycles. The molecule has 3 aromatic rings. The number of methoxy groups -OCH3 is 1. The van der Waals surface area contributed by atoms with E-state index in [-0.39, 0.29) is 11.3 Å². The van der Waals surface area contributed by atoms with Crippen molar-refractivity contribution in [2.45, 2.75) is 0 Å². The van der Waals surface area contributed by atoms with Gasteiger partial charge in [0.05, 0.1) is 16.3 Å². The maximum Gasteiger partial charge on any atom is 0.266 e. The summed E-state index contributed by atoms with van der Waals surface area (Å²) in [6.07, 6.45) is 3.14. The van der Waals surface area contributed by atoms with Crippen LogP contribution in [0.1, 0.15) is 15.9 Å². The number of ketones is 1. The largest absolute Gasteiger partial charge is 0.496 e. The van der Waals surface area contributed by atoms with Crippen molar-refractivity contribution in [3.05, 3.63) is 82.6 Å². The Balaban J connectivity index is 2.02. The zero-order chi connectivity index (χ0) is 18.7. The van der Waals surface area contributed by atoms with Crippen LogP contribution in [0.25, 0.3) is 12.2 Å². The molecule has 0 amide bonds. The minimum absolute atomic E-state index is 0.203. The van der Waals surface area contributed by atoms with E-state index >= 15 is 0 Å². The Hall–Kier alpha value is -2.15. The van der Waals surface area contributed by atoms with E-state index in [1.54, 1.807) is 37.5 Å². The molecule has 0 spiro atoms. The molecular formula is C19H13BrClNO3S. The lowest BCUT2D eigenvalue weighted by molar-refractivity contribution is 0.106. The first-order valence-corrected chi connectivity index (χ1v) is 9.51. The van der Waals surface area contributed by atoms with Gasteiger partial charge < -0.3 is 9.72 Å². The first-order valence-electron chi connectivity index (χ1n) is 7.52. The number of carbonyl (C=O) groups is 1. The molecule has 1 N–H and O–H groups in total. The van der Waals surface area contributed by atoms with Gasteiger partial charge in [-0.2, -0.15) is 0 Å². The van der Waals surface area contributed by atoms with E-state index in [1.165, 1.54) is 17.4 Å². The highest BCUT2D eigenvalue weighted by Gasteiger charge is 2.05. The van der Waals surface area contributed by atoms with Crippen molar-refractivity contribution >= 4 is 56.8 Å². The highest BCUT2D eigenvalue weighted by Crippen LogP contribution is 2.23. The summed E-state index contributed by atoms with van der Waals surface area (Å²) in [5, 5.41) is 0.561. The zero-order valence-electron chi connectivity index (χ0n) is 13.6. The Morgan fingerprint density at radius 1 is 1.23 bits per heavy atom. The van der Waals surface area contributed by atoms with Crippen LogP contribution in [-0.4, -0.2) is 17.9 Å². The molecule has 0 fully saturated rings. The molecule has 0 aliphatic heterocycles. The molecule has 0 saturated heterocycles. The third kappa shape index (κ3) is 4.33. The summed E-state index contributed by atoms with van der Waals surface area (Å²) in [6, 6.07) is 12.1. The van der Waals surface area contributed by atoms with E-state index in [0.29, 0.717) is 25.5 Å². The molecule has 26 heavy (non-hydrogen) atoms. The number of thiazole rings is 1. The number of hydrogen-bond acceptors (Lipinski definition) is 4. The van der Waals surface area contributed by atoms with Gasteiger partial charge in [0, 0.05) is 26.7 Å². The highest BCUT2D eigenvalue weighted by atomic mass is 79.9. The second kappa shape index (κ2) is 8.03. The van der Waals surface area contributed by atoms with Gasteiger partial charge in [0.2, 0.25) is 0 Å². The Kier molecular flexibility index (Phi) is 5.76. The maximum atomic E-state index is 12.3. The molecule has 0 aliphatic carbocycles. The predicted octanol–water partition coefficient (Wildman–Crippen LogP) is 3.35. The van der Waals surface area contributed by atoms with Gasteiger partial charge in [-0.05, 0) is 48.5 Å². The molecular weight excluding hydrogens is 438 g/mol. The molecule has 3 rings (SSSR count). The number of H-pyrrole nitrogens is 1. The topological polar surface area (TPSA) is 59.2 Å². The summed E-state index contributed by atoms with van der Waals surface area (Å²) in [6.45, 7) is 0. The van der Waals surface area contributed by atoms with Gasteiger partial charge >= 0.3 is 0 Å². The number of aromatic amines is 1. The number of Topliss-reactive ketones (excluding diaryl/α,β-unsaturated/α-hetero) is 1. The molecule has 0 bridgehead atoms. The van der Waals surface area contributed by atoms with Crippen LogP contribution in [-0.2, 0) is 0 Å². The first kappa shape index (κ1) is 18.6. The normalized spacial score (nSPS) is 12.4. The van der Waals surface area contributed by atoms with Gasteiger partial charge in [0.15, 0.2) is 5.78 Å². The third-order valence-corrected chi connectivity index (χ3v) is 5.26. The molecule has 0 atom stereocenters. The summed E-state index contributed by atoms with van der Waals surface area (Å²) in [5.74, 6) is 0.453. The van der Waals surface area contributed by atoms with Gasteiger partial charge in [-0.3, -0.25) is 9.59 Å². The van der Waals surface area contributed by atoms with Crippen LogP contribution in [0, 0.1) is 0 Å². The zero-order valence-corrected chi connectivity index (χ0v) is 16.7. The summed E-state index contributed by atoms with van der Waals surface area (Å²) in [7, 11) is 1.57. The first-order chi connectivity index (χ1) is 12.5. The standard InChI is InChI=1S/C19H13BrClNO3S/c1-25-16-7-4-13(20)8-12(16)9-17-19(24)22-18(26-17)10-15(23)11-2-5-14(21)6-3-11/h2-10H,1H3,(H,22,24)/b17-9+,18-10-. The van der Waals surface area contributed by atoms with Crippen LogP contribution in [0.15, 0.2) is 51.7 Å². The van der Waals surface area contributed by atoms with Gasteiger partial charge in [-0.25, -0.2) is 0 Å². The Labute approximate surface area is 166 Å². The number of carbonyl (C=O) groups excluding carboxylic acids is 1. The monoisotopic (exact) mass is 449 g/mol. The minimum atomic E-state index is -0.257. The lowest BCUT2D eigenvalue weighted by Crippen LogP contribution is -2.20. The molecule has 0 unspecified atom stereocenters. The number of ether oxygens (including phenoxy) is 1. The highest BCUT2D eigenvalue weighted by molar-refractivity contribution is 9.10. The average Bonchev–Trinajstić information content (AvgIpc) is 2.95. The molecule has 1 aromatic heterocycles. The number of hydrogen-bond donors (Lipinski definition) is 1. The van der Waals surface area contributed by atoms with E-state index < -0.39 is 0 Å². The molecule has 4 nitrogen and oxygen atoms in total. The second-order valence-corrected chi connectivity index (χ2v) is 7.77. The van der Waals surface area contributed by atoms with E-state index in [2.05, 4.69) is 20.9 Å². The van der Waals surface area contributed by atoms with Gasteiger partial charge in [-0.1, -0.05) is 27.5 Å². The second-order valence-electron chi connectivity index (χ2n) is 5.33. The van der Waals surface area contributed by atoms with E-state index in [4.69, 9.17) is 16.3 Å². The molecule has 0 aliphatic rings. The fourth-order valence-electron chi connectivity index (χ4n) is 2.30. The minimum Gasteiger partial charge on any atom is -0.496 e. The maximum absolute atomic E-state index is 12.3. The smallest absolute Gasteiger partial charge is 0.266 e. The molecule has 0 radical (unpaired) electrons. The number of nitrogens with one attached hydrogen (secondary N) is 1. The fourth-order valence-corrected chi connectivity index (χ4v) is 3.68. The quantitative estimate of drug-likeness (QED) is 0.620. The van der Waals surface area contributed by atoms with Crippen LogP contribution in [0.2, 0.25) is 5.02 Å². The van der Waals surface area contributed by atoms with Crippen molar-refractivity contribution in [2.75, 3.05) is 7.11 Å². The van der Waals surface area contributed by atoms with E-state index in [9.17, 15) is 9.59 Å². The van der Waals surface area contributed by atoms with Crippen LogP contribution < -0.4 is 19.5 Å². The molecule has 132 valence electrons. The predicted molar refractivity (Wildman–Crippen MR) is 109 cm³/mol. The number of rotatable bonds is 4. The van der Waals surface area contributed by atoms with Crippen molar-refractivity contribution in [2.24, 2.45) is 0 Å². The van der Waals surface area contributed by atoms with E-state index in [1.807, 2.05) is 18.2 Å². The number of aromatic nitrogens is 1. The summed E-state index contributed by atoms with van der Waals surface area (Å²) in [4.78, 5) is 27.2. The Bertz CT molecular complexity index is 1130. The van der Waals surface area contributed by atoms with Gasteiger partial charge in [0.25, 0.3) is 5.56 Å². The molecule has 7 heteroatoms. The molecule has 1 heterocycles. The average molecular weight is 451 g/mol. The van der Waals surface area contributed by atoms with Crippen molar-refractivity contribution in [1.82, 2.24) is 4.98 Å². The molecule has 2 aromatic carbocycles. The number of benzene rings is 2. The van der Waals surface area contributed by atoms with Crippen LogP contribution in [0.5, 0.6) is 5.75 Å². The van der Waals surface area contributed by atoms with Crippen molar-refractivity contribution in [3.8, 4) is 5.75 Å². The van der Waals surface area contributed by atoms with Crippen molar-refractivity contribution in [1.29, 1.82) is 0 Å². The van der Waals surface area contributed by atoms with Crippen molar-refractivity contribution in [3.63, 3.8) is 0 Å². The lowest BCUT2D eigenvalue weighted by Gasteiger charge is -2.04. The van der Waals surface area contributed by atoms with Gasteiger partial charge in [-0.15, -0.1) is 11.3 Å². The number of halogens is 2. The van der Waals surface area contributed by atoms with Gasteiger partial charge in [0.1, 0.15) is 5.75 Å². The van der Waals surface area contributed by atoms with Crippen LogP contribution >= 0.6 is 38.9 Å². The Morgan fingerprint density at radius 2 is 1.96 bits per heavy atom. The SMILES string of the molecule is COc1ccc(Br)cc1/C=c1/s/c(=C\C(=O)c2ccc(Cl)cc2)[nH]c1=O. The third-order valence-electron chi connectivity index (χ3n) is 3.55. The fraction of sp³-hybridized carbons (Fsp3) is 0.0526. The summed E-state index contributed by atoms with van der Waals surface area (Å²) in [5.41, 5.74) is 1.01. The van der Waals surface area contributed by atoms with Crippen LogP contribution in [0.3, 0.4) is 0 Å². The lowest BCUT2D eigenvalue weighted by atomic mass is 10.1. The summed E-state index contributed by atoms with van der Waals surface area (Å²) < 4.78 is 7.16. The van der Waals surface area contributed by atoms with Crippen molar-refractivity contribution < 1.29 is 9.53 Å². The Morgan fingerprint density at radius 3 is 2.65 bits per heavy atom. The summed E-state index contributed by atoms with van der Waals surface area (Å²) >= 11 is 10.4. The van der Waals surface area contributed by atoms with E-state index in [0.717, 1.165) is 10.0 Å².